The third kappa shape index (κ3) is 2.34. The Morgan fingerprint density at radius 3 is 2.75 bits per heavy atom. The van der Waals surface area contributed by atoms with E-state index in [1.807, 2.05) is 0 Å². The van der Waals surface area contributed by atoms with E-state index in [1.165, 1.54) is 7.11 Å². The van der Waals surface area contributed by atoms with Crippen molar-refractivity contribution in [2.24, 2.45) is 5.90 Å². The second-order valence-corrected chi connectivity index (χ2v) is 2.53. The Balaban J connectivity index is 0.00000121. The van der Waals surface area contributed by atoms with Crippen LogP contribution < -0.4 is 10.6 Å². The zero-order valence-electron chi connectivity index (χ0n) is 6.24. The van der Waals surface area contributed by atoms with Gasteiger partial charge in [0, 0.05) is 0 Å². The number of methoxy groups -OCH3 is 1. The maximum absolute atomic E-state index is 4.83. The molecule has 0 fully saturated rings. The van der Waals surface area contributed by atoms with Crippen LogP contribution in [0.25, 0.3) is 0 Å². The number of hydrogen-bond donors (Lipinski definition) is 1. The van der Waals surface area contributed by atoms with E-state index in [0.717, 1.165) is 0 Å². The molecule has 0 radical (unpaired) electrons. The molecule has 0 aliphatic heterocycles. The maximum Gasteiger partial charge on any atom is 0.268 e. The monoisotopic (exact) mass is 258 g/mol. The van der Waals surface area contributed by atoms with Gasteiger partial charge in [-0.3, -0.25) is 4.84 Å². The Bertz CT molecular complexity index is 243. The van der Waals surface area contributed by atoms with Gasteiger partial charge >= 0.3 is 0 Å². The van der Waals surface area contributed by atoms with E-state index in [1.54, 1.807) is 0 Å². The SMILES string of the molecule is COc1noc(CON)c1Br.Cl. The minimum absolute atomic E-state index is 0. The highest BCUT2D eigenvalue weighted by molar-refractivity contribution is 9.10. The number of nitrogens with zero attached hydrogens (tertiary/aromatic N) is 1. The number of ether oxygens (including phenoxy) is 1. The lowest BCUT2D eigenvalue weighted by atomic mass is 10.5. The van der Waals surface area contributed by atoms with Gasteiger partial charge in [-0.2, -0.15) is 0 Å². The summed E-state index contributed by atoms with van der Waals surface area (Å²) in [6.45, 7) is 0.164. The standard InChI is InChI=1S/C5H7BrN2O3.ClH/c1-9-5-4(6)3(2-10-7)11-8-5;/h2,7H2,1H3;1H. The van der Waals surface area contributed by atoms with E-state index in [9.17, 15) is 0 Å². The van der Waals surface area contributed by atoms with Gasteiger partial charge in [0.2, 0.25) is 0 Å². The van der Waals surface area contributed by atoms with Gasteiger partial charge in [0.15, 0.2) is 5.76 Å². The molecule has 1 aromatic rings. The van der Waals surface area contributed by atoms with Crippen LogP contribution in [0.4, 0.5) is 0 Å². The first kappa shape index (κ1) is 11.7. The zero-order valence-corrected chi connectivity index (χ0v) is 8.65. The van der Waals surface area contributed by atoms with Crippen LogP contribution in [0.15, 0.2) is 9.00 Å². The van der Waals surface area contributed by atoms with Gasteiger partial charge in [-0.1, -0.05) is 0 Å². The minimum atomic E-state index is 0. The predicted molar refractivity (Wildman–Crippen MR) is 47.0 cm³/mol. The first-order valence-electron chi connectivity index (χ1n) is 2.79. The molecular formula is C5H8BrClN2O3. The molecule has 1 heterocycles. The summed E-state index contributed by atoms with van der Waals surface area (Å²) in [4.78, 5) is 4.35. The molecule has 0 aliphatic rings. The number of aromatic nitrogens is 1. The molecule has 12 heavy (non-hydrogen) atoms. The van der Waals surface area contributed by atoms with Gasteiger partial charge < -0.3 is 9.26 Å². The molecule has 0 saturated heterocycles. The van der Waals surface area contributed by atoms with E-state index < -0.39 is 0 Å². The van der Waals surface area contributed by atoms with Crippen molar-refractivity contribution in [1.82, 2.24) is 5.16 Å². The molecule has 0 amide bonds. The van der Waals surface area contributed by atoms with Gasteiger partial charge in [-0.15, -0.1) is 12.4 Å². The van der Waals surface area contributed by atoms with Gasteiger partial charge in [0.25, 0.3) is 5.88 Å². The van der Waals surface area contributed by atoms with Crippen LogP contribution in [-0.4, -0.2) is 12.3 Å². The number of nitrogens with two attached hydrogens (primary N) is 1. The summed E-state index contributed by atoms with van der Waals surface area (Å²) in [5.41, 5.74) is 0. The molecule has 7 heteroatoms. The van der Waals surface area contributed by atoms with Gasteiger partial charge in [0.1, 0.15) is 11.1 Å². The van der Waals surface area contributed by atoms with Crippen LogP contribution in [0.3, 0.4) is 0 Å². The third-order valence-electron chi connectivity index (χ3n) is 1.08. The van der Waals surface area contributed by atoms with Crippen molar-refractivity contribution < 1.29 is 14.1 Å². The molecule has 0 bridgehead atoms. The average Bonchev–Trinajstić information content (AvgIpc) is 2.34. The fraction of sp³-hybridized carbons (Fsp3) is 0.400. The van der Waals surface area contributed by atoms with Crippen molar-refractivity contribution in [3.63, 3.8) is 0 Å². The second-order valence-electron chi connectivity index (χ2n) is 1.74. The molecule has 2 N–H and O–H groups in total. The van der Waals surface area contributed by atoms with E-state index in [0.29, 0.717) is 16.1 Å². The molecule has 0 saturated carbocycles. The van der Waals surface area contributed by atoms with E-state index in [-0.39, 0.29) is 19.0 Å². The summed E-state index contributed by atoms with van der Waals surface area (Å²) in [5, 5.41) is 3.57. The van der Waals surface area contributed by atoms with Crippen LogP contribution in [0.5, 0.6) is 5.88 Å². The predicted octanol–water partition coefficient (Wildman–Crippen LogP) is 1.26. The first-order valence-corrected chi connectivity index (χ1v) is 3.58. The van der Waals surface area contributed by atoms with E-state index >= 15 is 0 Å². The highest BCUT2D eigenvalue weighted by Crippen LogP contribution is 2.27. The topological polar surface area (TPSA) is 70.5 Å². The Morgan fingerprint density at radius 2 is 2.33 bits per heavy atom. The fourth-order valence-corrected chi connectivity index (χ4v) is 1.01. The molecule has 0 aliphatic carbocycles. The lowest BCUT2D eigenvalue weighted by Crippen LogP contribution is -1.97. The average molecular weight is 259 g/mol. The zero-order chi connectivity index (χ0) is 8.27. The molecule has 0 aromatic carbocycles. The van der Waals surface area contributed by atoms with Crippen LogP contribution in [-0.2, 0) is 11.4 Å². The van der Waals surface area contributed by atoms with Crippen molar-refractivity contribution in [1.29, 1.82) is 0 Å². The molecule has 1 aromatic heterocycles. The summed E-state index contributed by atoms with van der Waals surface area (Å²) >= 11 is 3.20. The second kappa shape index (κ2) is 5.36. The van der Waals surface area contributed by atoms with E-state index in [2.05, 4.69) is 25.9 Å². The molecule has 1 rings (SSSR count). The van der Waals surface area contributed by atoms with Crippen LogP contribution >= 0.6 is 28.3 Å². The van der Waals surface area contributed by atoms with Crippen LogP contribution in [0.1, 0.15) is 5.76 Å². The summed E-state index contributed by atoms with van der Waals surface area (Å²) in [6, 6.07) is 0. The molecular weight excluding hydrogens is 251 g/mol. The van der Waals surface area contributed by atoms with Crippen LogP contribution in [0, 0.1) is 0 Å². The lowest BCUT2D eigenvalue weighted by molar-refractivity contribution is 0.102. The number of hydrogen-bond acceptors (Lipinski definition) is 5. The van der Waals surface area contributed by atoms with Gasteiger partial charge in [-0.05, 0) is 21.1 Å². The van der Waals surface area contributed by atoms with E-state index in [4.69, 9.17) is 15.2 Å². The van der Waals surface area contributed by atoms with Crippen molar-refractivity contribution in [2.45, 2.75) is 6.61 Å². The molecule has 70 valence electrons. The van der Waals surface area contributed by atoms with Crippen molar-refractivity contribution in [3.8, 4) is 5.88 Å². The molecule has 5 nitrogen and oxygen atoms in total. The maximum atomic E-state index is 4.83. The lowest BCUT2D eigenvalue weighted by Gasteiger charge is -1.92. The summed E-state index contributed by atoms with van der Waals surface area (Å²) in [6.07, 6.45) is 0. The summed E-state index contributed by atoms with van der Waals surface area (Å²) < 4.78 is 10.3. The van der Waals surface area contributed by atoms with Gasteiger partial charge in [0.05, 0.1) is 7.11 Å². The van der Waals surface area contributed by atoms with Crippen molar-refractivity contribution in [2.75, 3.05) is 7.11 Å². The molecule has 0 atom stereocenters. The summed E-state index contributed by atoms with van der Waals surface area (Å²) in [5.74, 6) is 5.72. The highest BCUT2D eigenvalue weighted by atomic mass is 79.9. The molecule has 0 spiro atoms. The highest BCUT2D eigenvalue weighted by Gasteiger charge is 2.12. The number of rotatable bonds is 3. The Morgan fingerprint density at radius 1 is 1.67 bits per heavy atom. The smallest absolute Gasteiger partial charge is 0.268 e. The van der Waals surface area contributed by atoms with Crippen molar-refractivity contribution in [3.05, 3.63) is 10.2 Å². The Hall–Kier alpha value is -0.300. The van der Waals surface area contributed by atoms with Crippen molar-refractivity contribution >= 4 is 28.3 Å². The van der Waals surface area contributed by atoms with Crippen LogP contribution in [0.2, 0.25) is 0 Å². The summed E-state index contributed by atoms with van der Waals surface area (Å²) in [7, 11) is 1.50. The number of halogens is 2. The quantitative estimate of drug-likeness (QED) is 0.828. The normalized spacial score (nSPS) is 9.25. The largest absolute Gasteiger partial charge is 0.478 e. The third-order valence-corrected chi connectivity index (χ3v) is 1.86. The fourth-order valence-electron chi connectivity index (χ4n) is 0.588. The Kier molecular flexibility index (Phi) is 5.23. The first-order chi connectivity index (χ1) is 5.29. The Labute approximate surface area is 83.7 Å². The van der Waals surface area contributed by atoms with Gasteiger partial charge in [-0.25, -0.2) is 5.90 Å². The minimum Gasteiger partial charge on any atom is -0.478 e. The molecule has 0 unspecified atom stereocenters.